The Balaban J connectivity index is 1.55. The molecule has 0 spiro atoms. The molecule has 0 atom stereocenters. The van der Waals surface area contributed by atoms with Crippen molar-refractivity contribution in [2.24, 2.45) is 0 Å². The van der Waals surface area contributed by atoms with Crippen LogP contribution in [-0.4, -0.2) is 28.4 Å². The molecule has 0 fully saturated rings. The van der Waals surface area contributed by atoms with Gasteiger partial charge in [-0.1, -0.05) is 42.0 Å². The lowest BCUT2D eigenvalue weighted by Crippen LogP contribution is -2.25. The van der Waals surface area contributed by atoms with Crippen molar-refractivity contribution in [3.63, 3.8) is 0 Å². The summed E-state index contributed by atoms with van der Waals surface area (Å²) in [6.45, 7) is 4.01. The number of thiophene rings is 1. The second kappa shape index (κ2) is 9.38. The van der Waals surface area contributed by atoms with E-state index in [2.05, 4.69) is 15.6 Å². The number of rotatable bonds is 6. The topological polar surface area (TPSA) is 93.1 Å². The van der Waals surface area contributed by atoms with Crippen LogP contribution in [0.4, 0.5) is 5.69 Å². The summed E-state index contributed by atoms with van der Waals surface area (Å²) in [5, 5.41) is 7.90. The molecule has 0 bridgehead atoms. The van der Waals surface area contributed by atoms with E-state index in [1.54, 1.807) is 19.2 Å². The fraction of sp³-hybridized carbons (Fsp3) is 0.200. The first kappa shape index (κ1) is 22.4. The summed E-state index contributed by atoms with van der Waals surface area (Å²) in [4.78, 5) is 43.1. The molecule has 0 saturated carbocycles. The molecule has 2 aromatic carbocycles. The minimum Gasteiger partial charge on any atom is -0.355 e. The maximum atomic E-state index is 13.2. The van der Waals surface area contributed by atoms with Gasteiger partial charge in [-0.15, -0.1) is 11.3 Å². The van der Waals surface area contributed by atoms with Crippen LogP contribution in [0.25, 0.3) is 21.3 Å². The SMILES string of the molecule is CNC(=O)c1c(C)cccc1NC(=O)CCn1cnc2scc(-c3ccc(C)cc3)c2c1=O. The molecule has 0 aliphatic heterocycles. The summed E-state index contributed by atoms with van der Waals surface area (Å²) >= 11 is 1.43. The van der Waals surface area contributed by atoms with Gasteiger partial charge in [0.1, 0.15) is 4.83 Å². The predicted molar refractivity (Wildman–Crippen MR) is 132 cm³/mol. The third-order valence-corrected chi connectivity index (χ3v) is 6.39. The van der Waals surface area contributed by atoms with E-state index in [1.807, 2.05) is 49.6 Å². The van der Waals surface area contributed by atoms with Crippen molar-refractivity contribution < 1.29 is 9.59 Å². The average Bonchev–Trinajstić information content (AvgIpc) is 3.24. The predicted octanol–water partition coefficient (Wildman–Crippen LogP) is 4.13. The molecular formula is C25H24N4O3S. The van der Waals surface area contributed by atoms with Gasteiger partial charge in [-0.3, -0.25) is 19.0 Å². The number of carbonyl (C=O) groups excluding carboxylic acids is 2. The van der Waals surface area contributed by atoms with Gasteiger partial charge in [0.05, 0.1) is 23.0 Å². The fourth-order valence-corrected chi connectivity index (χ4v) is 4.61. The molecule has 4 aromatic rings. The zero-order valence-corrected chi connectivity index (χ0v) is 19.5. The number of amides is 2. The van der Waals surface area contributed by atoms with Gasteiger partial charge < -0.3 is 10.6 Å². The first-order valence-electron chi connectivity index (χ1n) is 10.5. The normalized spacial score (nSPS) is 10.9. The molecule has 2 amide bonds. The number of fused-ring (bicyclic) bond motifs is 1. The lowest BCUT2D eigenvalue weighted by atomic mass is 10.1. The van der Waals surface area contributed by atoms with Gasteiger partial charge in [0.15, 0.2) is 0 Å². The van der Waals surface area contributed by atoms with Crippen LogP contribution in [0.1, 0.15) is 27.9 Å². The van der Waals surface area contributed by atoms with Crippen LogP contribution in [0.5, 0.6) is 0 Å². The lowest BCUT2D eigenvalue weighted by Gasteiger charge is -2.13. The van der Waals surface area contributed by atoms with Gasteiger partial charge in [0.25, 0.3) is 11.5 Å². The maximum Gasteiger partial charge on any atom is 0.262 e. The molecule has 0 radical (unpaired) electrons. The smallest absolute Gasteiger partial charge is 0.262 e. The fourth-order valence-electron chi connectivity index (χ4n) is 3.71. The number of carbonyl (C=O) groups is 2. The molecule has 2 heterocycles. The number of anilines is 1. The Hall–Kier alpha value is -3.78. The third kappa shape index (κ3) is 4.56. The number of hydrogen-bond donors (Lipinski definition) is 2. The molecule has 2 aromatic heterocycles. The standard InChI is InChI=1S/C25H24N4O3S/c1-15-7-9-17(10-8-15)18-13-33-24-22(18)25(32)29(14-27-24)12-11-20(30)28-19-6-4-5-16(2)21(19)23(31)26-3/h4-10,13-14H,11-12H2,1-3H3,(H,26,31)(H,28,30). The van der Waals surface area contributed by atoms with E-state index in [1.165, 1.54) is 22.2 Å². The van der Waals surface area contributed by atoms with E-state index in [4.69, 9.17) is 0 Å². The summed E-state index contributed by atoms with van der Waals surface area (Å²) in [5.74, 6) is -0.558. The van der Waals surface area contributed by atoms with E-state index in [0.717, 1.165) is 22.3 Å². The van der Waals surface area contributed by atoms with Crippen molar-refractivity contribution in [3.05, 3.63) is 81.2 Å². The first-order chi connectivity index (χ1) is 15.9. The molecule has 2 N–H and O–H groups in total. The van der Waals surface area contributed by atoms with Crippen LogP contribution in [-0.2, 0) is 11.3 Å². The van der Waals surface area contributed by atoms with E-state index in [-0.39, 0.29) is 30.3 Å². The van der Waals surface area contributed by atoms with E-state index >= 15 is 0 Å². The van der Waals surface area contributed by atoms with Crippen molar-refractivity contribution in [2.45, 2.75) is 26.8 Å². The highest BCUT2D eigenvalue weighted by Gasteiger charge is 2.16. The van der Waals surface area contributed by atoms with Crippen LogP contribution < -0.4 is 16.2 Å². The van der Waals surface area contributed by atoms with Gasteiger partial charge in [-0.05, 0) is 31.0 Å². The van der Waals surface area contributed by atoms with Crippen LogP contribution in [0, 0.1) is 13.8 Å². The summed E-state index contributed by atoms with van der Waals surface area (Å²) in [7, 11) is 1.55. The second-order valence-electron chi connectivity index (χ2n) is 7.81. The minimum absolute atomic E-state index is 0.0677. The number of aryl methyl sites for hydroxylation is 3. The van der Waals surface area contributed by atoms with Crippen LogP contribution in [0.15, 0.2) is 59.0 Å². The monoisotopic (exact) mass is 460 g/mol. The van der Waals surface area contributed by atoms with Crippen LogP contribution in [0.2, 0.25) is 0 Å². The summed E-state index contributed by atoms with van der Waals surface area (Å²) in [5.41, 5.74) is 4.41. The Morgan fingerprint density at radius 3 is 2.58 bits per heavy atom. The van der Waals surface area contributed by atoms with Crippen molar-refractivity contribution in [3.8, 4) is 11.1 Å². The molecule has 0 aliphatic carbocycles. The maximum absolute atomic E-state index is 13.2. The van der Waals surface area contributed by atoms with Crippen LogP contribution in [0.3, 0.4) is 0 Å². The number of hydrogen-bond acceptors (Lipinski definition) is 5. The lowest BCUT2D eigenvalue weighted by molar-refractivity contribution is -0.116. The number of aromatic nitrogens is 2. The van der Waals surface area contributed by atoms with E-state index in [9.17, 15) is 14.4 Å². The highest BCUT2D eigenvalue weighted by atomic mass is 32.1. The molecule has 0 aliphatic rings. The van der Waals surface area contributed by atoms with E-state index < -0.39 is 0 Å². The Labute approximate surface area is 195 Å². The number of benzene rings is 2. The quantitative estimate of drug-likeness (QED) is 0.452. The van der Waals surface area contributed by atoms with Gasteiger partial charge in [-0.25, -0.2) is 4.98 Å². The Morgan fingerprint density at radius 1 is 1.09 bits per heavy atom. The van der Waals surface area contributed by atoms with Gasteiger partial charge in [0, 0.05) is 31.0 Å². The molecule has 168 valence electrons. The molecule has 8 heteroatoms. The third-order valence-electron chi connectivity index (χ3n) is 5.50. The van der Waals surface area contributed by atoms with Gasteiger partial charge in [-0.2, -0.15) is 0 Å². The van der Waals surface area contributed by atoms with Crippen molar-refractivity contribution in [1.29, 1.82) is 0 Å². The Bertz CT molecular complexity index is 1400. The van der Waals surface area contributed by atoms with Gasteiger partial charge >= 0.3 is 0 Å². The van der Waals surface area contributed by atoms with Gasteiger partial charge in [0.2, 0.25) is 5.91 Å². The summed E-state index contributed by atoms with van der Waals surface area (Å²) in [6.07, 6.45) is 1.55. The largest absolute Gasteiger partial charge is 0.355 e. The zero-order valence-electron chi connectivity index (χ0n) is 18.6. The Morgan fingerprint density at radius 2 is 1.85 bits per heavy atom. The summed E-state index contributed by atoms with van der Waals surface area (Å²) < 4.78 is 1.46. The highest BCUT2D eigenvalue weighted by molar-refractivity contribution is 7.17. The average molecular weight is 461 g/mol. The molecule has 4 rings (SSSR count). The minimum atomic E-state index is -0.290. The van der Waals surface area contributed by atoms with Crippen molar-refractivity contribution >= 4 is 39.1 Å². The van der Waals surface area contributed by atoms with Crippen molar-refractivity contribution in [1.82, 2.24) is 14.9 Å². The molecule has 7 nitrogen and oxygen atoms in total. The van der Waals surface area contributed by atoms with Crippen molar-refractivity contribution in [2.75, 3.05) is 12.4 Å². The number of nitrogens with one attached hydrogen (secondary N) is 2. The zero-order chi connectivity index (χ0) is 23.5. The Kier molecular flexibility index (Phi) is 6.37. The molecule has 0 saturated heterocycles. The number of nitrogens with zero attached hydrogens (tertiary/aromatic N) is 2. The van der Waals surface area contributed by atoms with Crippen LogP contribution >= 0.6 is 11.3 Å². The molecule has 33 heavy (non-hydrogen) atoms. The van der Waals surface area contributed by atoms with E-state index in [0.29, 0.717) is 21.5 Å². The summed E-state index contributed by atoms with van der Waals surface area (Å²) in [6, 6.07) is 13.3. The highest BCUT2D eigenvalue weighted by Crippen LogP contribution is 2.30. The first-order valence-corrected chi connectivity index (χ1v) is 11.4. The molecular weight excluding hydrogens is 436 g/mol. The second-order valence-corrected chi connectivity index (χ2v) is 8.67. The molecule has 0 unspecified atom stereocenters.